The Kier molecular flexibility index (Phi) is 5.46. The molecule has 2 aliphatic heterocycles. The summed E-state index contributed by atoms with van der Waals surface area (Å²) < 4.78 is 5.46. The number of aromatic nitrogens is 2. The van der Waals surface area contributed by atoms with Gasteiger partial charge in [-0.05, 0) is 25.6 Å². The summed E-state index contributed by atoms with van der Waals surface area (Å²) in [6, 6.07) is 0.689. The summed E-state index contributed by atoms with van der Waals surface area (Å²) in [7, 11) is 0. The number of morpholine rings is 1. The maximum Gasteiger partial charge on any atom is 0.187 e. The smallest absolute Gasteiger partial charge is 0.187 e. The molecule has 0 amide bonds. The summed E-state index contributed by atoms with van der Waals surface area (Å²) in [6.45, 7) is 7.26. The van der Waals surface area contributed by atoms with Crippen LogP contribution in [0.5, 0.6) is 0 Å². The molecule has 1 aromatic rings. The van der Waals surface area contributed by atoms with Gasteiger partial charge in [0.2, 0.25) is 0 Å². The average molecular weight is 308 g/mol. The van der Waals surface area contributed by atoms with Crippen molar-refractivity contribution in [1.29, 1.82) is 0 Å². The van der Waals surface area contributed by atoms with Crippen LogP contribution in [0.2, 0.25) is 0 Å². The van der Waals surface area contributed by atoms with E-state index in [4.69, 9.17) is 4.74 Å². The van der Waals surface area contributed by atoms with Crippen molar-refractivity contribution in [3.8, 4) is 0 Å². The van der Waals surface area contributed by atoms with E-state index in [2.05, 4.69) is 19.8 Å². The molecule has 0 radical (unpaired) electrons. The molecule has 1 atom stereocenters. The summed E-state index contributed by atoms with van der Waals surface area (Å²) in [5.41, 5.74) is 1.22. The van der Waals surface area contributed by atoms with E-state index in [0.717, 1.165) is 44.5 Å². The van der Waals surface area contributed by atoms with Gasteiger partial charge in [0.25, 0.3) is 0 Å². The van der Waals surface area contributed by atoms with Gasteiger partial charge in [0.15, 0.2) is 5.16 Å². The molecular weight excluding hydrogens is 284 g/mol. The highest BCUT2D eigenvalue weighted by Crippen LogP contribution is 2.19. The highest BCUT2D eigenvalue weighted by atomic mass is 32.2. The van der Waals surface area contributed by atoms with Crippen LogP contribution >= 0.6 is 11.8 Å². The molecule has 0 N–H and O–H groups in total. The van der Waals surface area contributed by atoms with Crippen molar-refractivity contribution in [3.63, 3.8) is 0 Å². The fraction of sp³-hybridized carbons (Fsp3) is 0.733. The van der Waals surface area contributed by atoms with Crippen LogP contribution < -0.4 is 0 Å². The second-order valence-corrected chi connectivity index (χ2v) is 6.53. The van der Waals surface area contributed by atoms with Gasteiger partial charge < -0.3 is 4.74 Å². The van der Waals surface area contributed by atoms with Gasteiger partial charge in [-0.3, -0.25) is 9.80 Å². The Hall–Kier alpha value is -0.690. The number of nitrogens with zero attached hydrogens (tertiary/aromatic N) is 4. The predicted octanol–water partition coefficient (Wildman–Crippen LogP) is 1.50. The van der Waals surface area contributed by atoms with Crippen molar-refractivity contribution < 1.29 is 4.74 Å². The summed E-state index contributed by atoms with van der Waals surface area (Å²) in [4.78, 5) is 13.9. The van der Waals surface area contributed by atoms with E-state index in [1.54, 1.807) is 11.8 Å². The summed E-state index contributed by atoms with van der Waals surface area (Å²) in [6.07, 6.45) is 8.55. The fourth-order valence-corrected chi connectivity index (χ4v) is 3.52. The van der Waals surface area contributed by atoms with Crippen LogP contribution in [0.25, 0.3) is 0 Å². The quantitative estimate of drug-likeness (QED) is 0.620. The zero-order valence-electron chi connectivity index (χ0n) is 12.7. The maximum atomic E-state index is 5.46. The first-order chi connectivity index (χ1) is 10.3. The molecule has 21 heavy (non-hydrogen) atoms. The molecule has 0 spiro atoms. The molecule has 116 valence electrons. The van der Waals surface area contributed by atoms with Crippen LogP contribution in [-0.4, -0.2) is 71.5 Å². The van der Waals surface area contributed by atoms with Gasteiger partial charge in [-0.1, -0.05) is 11.8 Å². The summed E-state index contributed by atoms with van der Waals surface area (Å²) in [5.74, 6) is 0. The van der Waals surface area contributed by atoms with E-state index >= 15 is 0 Å². The highest BCUT2D eigenvalue weighted by molar-refractivity contribution is 7.98. The minimum atomic E-state index is 0.689. The maximum absolute atomic E-state index is 5.46. The number of ether oxygens (including phenoxy) is 1. The lowest BCUT2D eigenvalue weighted by molar-refractivity contribution is -0.00360. The van der Waals surface area contributed by atoms with Gasteiger partial charge in [0.05, 0.1) is 13.2 Å². The van der Waals surface area contributed by atoms with Gasteiger partial charge in [-0.15, -0.1) is 0 Å². The minimum absolute atomic E-state index is 0.689. The third-order valence-electron chi connectivity index (χ3n) is 4.31. The Morgan fingerprint density at radius 1 is 1.24 bits per heavy atom. The van der Waals surface area contributed by atoms with E-state index < -0.39 is 0 Å². The Balaban J connectivity index is 1.55. The predicted molar refractivity (Wildman–Crippen MR) is 84.5 cm³/mol. The van der Waals surface area contributed by atoms with Crippen LogP contribution in [0.1, 0.15) is 18.4 Å². The lowest BCUT2D eigenvalue weighted by atomic mass is 10.0. The number of hydrogen-bond acceptors (Lipinski definition) is 6. The Bertz CT molecular complexity index is 436. The van der Waals surface area contributed by atoms with Crippen molar-refractivity contribution in [2.75, 3.05) is 45.6 Å². The molecule has 5 nitrogen and oxygen atoms in total. The molecule has 3 heterocycles. The van der Waals surface area contributed by atoms with E-state index in [1.165, 1.54) is 24.9 Å². The first-order valence-electron chi connectivity index (χ1n) is 7.74. The van der Waals surface area contributed by atoms with E-state index in [9.17, 15) is 0 Å². The second-order valence-electron chi connectivity index (χ2n) is 5.76. The zero-order chi connectivity index (χ0) is 14.5. The molecule has 0 aromatic carbocycles. The largest absolute Gasteiger partial charge is 0.379 e. The third-order valence-corrected chi connectivity index (χ3v) is 4.89. The molecule has 2 fully saturated rings. The van der Waals surface area contributed by atoms with E-state index in [0.29, 0.717) is 6.04 Å². The number of likely N-dealkylation sites (tertiary alicyclic amines) is 1. The molecule has 2 saturated heterocycles. The third kappa shape index (κ3) is 4.16. The minimum Gasteiger partial charge on any atom is -0.379 e. The van der Waals surface area contributed by atoms with Crippen LogP contribution in [-0.2, 0) is 11.3 Å². The Labute approximate surface area is 131 Å². The second kappa shape index (κ2) is 7.54. The lowest BCUT2D eigenvalue weighted by Crippen LogP contribution is -2.51. The van der Waals surface area contributed by atoms with Crippen molar-refractivity contribution >= 4 is 11.8 Å². The molecule has 2 aliphatic rings. The molecular formula is C15H24N4OS. The van der Waals surface area contributed by atoms with Gasteiger partial charge in [-0.2, -0.15) is 0 Å². The summed E-state index contributed by atoms with van der Waals surface area (Å²) in [5, 5.41) is 0.851. The summed E-state index contributed by atoms with van der Waals surface area (Å²) >= 11 is 1.59. The number of rotatable bonds is 4. The van der Waals surface area contributed by atoms with Crippen molar-refractivity contribution in [2.45, 2.75) is 30.6 Å². The lowest BCUT2D eigenvalue weighted by Gasteiger charge is -2.40. The van der Waals surface area contributed by atoms with Crippen LogP contribution in [0.15, 0.2) is 17.6 Å². The first kappa shape index (κ1) is 15.2. The number of hydrogen-bond donors (Lipinski definition) is 0. The Morgan fingerprint density at radius 3 is 2.71 bits per heavy atom. The van der Waals surface area contributed by atoms with Gasteiger partial charge in [0.1, 0.15) is 0 Å². The number of piperidine rings is 1. The SMILES string of the molecule is CSc1ncc(CN2CCCC(N3CCOCC3)C2)cn1. The number of thioether (sulfide) groups is 1. The molecule has 6 heteroatoms. The average Bonchev–Trinajstić information content (AvgIpc) is 2.57. The van der Waals surface area contributed by atoms with Crippen LogP contribution in [0.3, 0.4) is 0 Å². The van der Waals surface area contributed by atoms with Crippen molar-refractivity contribution in [1.82, 2.24) is 19.8 Å². The standard InChI is InChI=1S/C15H24N4OS/c1-21-15-16-9-13(10-17-15)11-18-4-2-3-14(12-18)19-5-7-20-8-6-19/h9-10,14H,2-8,11-12H2,1H3. The zero-order valence-corrected chi connectivity index (χ0v) is 13.5. The molecule has 0 saturated carbocycles. The van der Waals surface area contributed by atoms with Gasteiger partial charge in [-0.25, -0.2) is 9.97 Å². The first-order valence-corrected chi connectivity index (χ1v) is 8.96. The topological polar surface area (TPSA) is 41.5 Å². The monoisotopic (exact) mass is 308 g/mol. The van der Waals surface area contributed by atoms with Gasteiger partial charge >= 0.3 is 0 Å². The normalized spacial score (nSPS) is 25.1. The molecule has 0 bridgehead atoms. The van der Waals surface area contributed by atoms with Crippen molar-refractivity contribution in [2.24, 2.45) is 0 Å². The van der Waals surface area contributed by atoms with Crippen LogP contribution in [0.4, 0.5) is 0 Å². The molecule has 3 rings (SSSR count). The van der Waals surface area contributed by atoms with Gasteiger partial charge in [0, 0.05) is 50.2 Å². The highest BCUT2D eigenvalue weighted by Gasteiger charge is 2.26. The van der Waals surface area contributed by atoms with E-state index in [1.807, 2.05) is 18.6 Å². The fourth-order valence-electron chi connectivity index (χ4n) is 3.20. The molecule has 1 unspecified atom stereocenters. The Morgan fingerprint density at radius 2 is 2.00 bits per heavy atom. The van der Waals surface area contributed by atoms with Crippen molar-refractivity contribution in [3.05, 3.63) is 18.0 Å². The molecule has 0 aliphatic carbocycles. The van der Waals surface area contributed by atoms with Crippen LogP contribution in [0, 0.1) is 0 Å². The molecule has 1 aromatic heterocycles. The van der Waals surface area contributed by atoms with E-state index in [-0.39, 0.29) is 0 Å².